The fourth-order valence-electron chi connectivity index (χ4n) is 2.10. The summed E-state index contributed by atoms with van der Waals surface area (Å²) in [5.74, 6) is -0.110. The summed E-state index contributed by atoms with van der Waals surface area (Å²) >= 11 is 0. The number of rotatable bonds is 5. The van der Waals surface area contributed by atoms with Crippen molar-refractivity contribution in [2.24, 2.45) is 0 Å². The van der Waals surface area contributed by atoms with Crippen molar-refractivity contribution in [3.05, 3.63) is 0 Å². The number of nitrogens with one attached hydrogen (secondary N) is 3. The van der Waals surface area contributed by atoms with E-state index in [0.717, 1.165) is 12.8 Å². The van der Waals surface area contributed by atoms with Crippen molar-refractivity contribution in [1.82, 2.24) is 16.0 Å². The van der Waals surface area contributed by atoms with Gasteiger partial charge in [-0.05, 0) is 33.6 Å². The Morgan fingerprint density at radius 3 is 2.17 bits per heavy atom. The number of hydrogen-bond donors (Lipinski definition) is 3. The maximum Gasteiger partial charge on any atom is 0.234 e. The van der Waals surface area contributed by atoms with Crippen molar-refractivity contribution >= 4 is 11.8 Å². The summed E-state index contributed by atoms with van der Waals surface area (Å²) < 4.78 is 0. The van der Waals surface area contributed by atoms with Crippen LogP contribution in [-0.2, 0) is 9.59 Å². The summed E-state index contributed by atoms with van der Waals surface area (Å²) in [7, 11) is 0. The van der Waals surface area contributed by atoms with Crippen LogP contribution in [0.15, 0.2) is 0 Å². The smallest absolute Gasteiger partial charge is 0.234 e. The molecule has 104 valence electrons. The minimum Gasteiger partial charge on any atom is -0.352 e. The molecule has 0 aromatic rings. The van der Waals surface area contributed by atoms with Gasteiger partial charge in [-0.2, -0.15) is 0 Å². The lowest BCUT2D eigenvalue weighted by Crippen LogP contribution is -2.47. The zero-order chi connectivity index (χ0) is 13.6. The summed E-state index contributed by atoms with van der Waals surface area (Å²) in [4.78, 5) is 23.0. The molecule has 0 saturated heterocycles. The summed E-state index contributed by atoms with van der Waals surface area (Å²) in [6, 6.07) is 0.336. The lowest BCUT2D eigenvalue weighted by Gasteiger charge is -2.20. The SMILES string of the molecule is CC(C)(C)NC(=O)CNCC(=O)NC1CCCC1. The monoisotopic (exact) mass is 255 g/mol. The van der Waals surface area contributed by atoms with Crippen LogP contribution in [0, 0.1) is 0 Å². The number of hydrogen-bond acceptors (Lipinski definition) is 3. The third-order valence-corrected chi connectivity index (χ3v) is 2.81. The molecular weight excluding hydrogens is 230 g/mol. The van der Waals surface area contributed by atoms with Gasteiger partial charge < -0.3 is 10.6 Å². The Hall–Kier alpha value is -1.10. The fraction of sp³-hybridized carbons (Fsp3) is 0.846. The Morgan fingerprint density at radius 2 is 1.61 bits per heavy atom. The Kier molecular flexibility index (Phi) is 5.59. The van der Waals surface area contributed by atoms with Crippen LogP contribution in [-0.4, -0.2) is 36.5 Å². The van der Waals surface area contributed by atoms with E-state index in [2.05, 4.69) is 16.0 Å². The first-order valence-electron chi connectivity index (χ1n) is 6.68. The quantitative estimate of drug-likeness (QED) is 0.672. The summed E-state index contributed by atoms with van der Waals surface area (Å²) in [5.41, 5.74) is -0.231. The number of carbonyl (C=O) groups excluding carboxylic acids is 2. The molecule has 1 aliphatic rings. The molecule has 1 aliphatic carbocycles. The minimum atomic E-state index is -0.231. The highest BCUT2D eigenvalue weighted by molar-refractivity contribution is 5.81. The molecule has 0 unspecified atom stereocenters. The molecule has 0 aromatic carbocycles. The zero-order valence-electron chi connectivity index (χ0n) is 11.6. The van der Waals surface area contributed by atoms with E-state index in [9.17, 15) is 9.59 Å². The number of carbonyl (C=O) groups is 2. The average molecular weight is 255 g/mol. The summed E-state index contributed by atoms with van der Waals surface area (Å²) in [6.45, 7) is 6.16. The van der Waals surface area contributed by atoms with Crippen molar-refractivity contribution in [2.75, 3.05) is 13.1 Å². The first-order valence-corrected chi connectivity index (χ1v) is 6.68. The van der Waals surface area contributed by atoms with Crippen LogP contribution in [0.1, 0.15) is 46.5 Å². The zero-order valence-corrected chi connectivity index (χ0v) is 11.6. The molecule has 0 aromatic heterocycles. The van der Waals surface area contributed by atoms with E-state index in [1.165, 1.54) is 12.8 Å². The predicted octanol–water partition coefficient (Wildman–Crippen LogP) is 0.550. The van der Waals surface area contributed by atoms with Gasteiger partial charge in [-0.15, -0.1) is 0 Å². The molecule has 3 N–H and O–H groups in total. The fourth-order valence-corrected chi connectivity index (χ4v) is 2.10. The van der Waals surface area contributed by atoms with E-state index in [1.54, 1.807) is 0 Å². The highest BCUT2D eigenvalue weighted by atomic mass is 16.2. The summed E-state index contributed by atoms with van der Waals surface area (Å²) in [6.07, 6.45) is 4.56. The molecular formula is C13H25N3O2. The van der Waals surface area contributed by atoms with Crippen molar-refractivity contribution in [3.63, 3.8) is 0 Å². The molecule has 0 bridgehead atoms. The van der Waals surface area contributed by atoms with Gasteiger partial charge in [0.05, 0.1) is 13.1 Å². The molecule has 18 heavy (non-hydrogen) atoms. The molecule has 1 fully saturated rings. The van der Waals surface area contributed by atoms with E-state index in [0.29, 0.717) is 6.04 Å². The van der Waals surface area contributed by atoms with E-state index < -0.39 is 0 Å². The highest BCUT2D eigenvalue weighted by Crippen LogP contribution is 2.17. The van der Waals surface area contributed by atoms with Gasteiger partial charge in [0, 0.05) is 11.6 Å². The van der Waals surface area contributed by atoms with Crippen molar-refractivity contribution < 1.29 is 9.59 Å². The molecule has 0 radical (unpaired) electrons. The maximum atomic E-state index is 11.6. The predicted molar refractivity (Wildman–Crippen MR) is 71.2 cm³/mol. The van der Waals surface area contributed by atoms with Gasteiger partial charge in [0.15, 0.2) is 0 Å². The highest BCUT2D eigenvalue weighted by Gasteiger charge is 2.17. The normalized spacial score (nSPS) is 16.6. The summed E-state index contributed by atoms with van der Waals surface area (Å²) in [5, 5.41) is 8.66. The van der Waals surface area contributed by atoms with Crippen LogP contribution >= 0.6 is 0 Å². The van der Waals surface area contributed by atoms with Crippen molar-refractivity contribution in [2.45, 2.75) is 58.0 Å². The van der Waals surface area contributed by atoms with Crippen LogP contribution < -0.4 is 16.0 Å². The van der Waals surface area contributed by atoms with Gasteiger partial charge in [-0.1, -0.05) is 12.8 Å². The van der Waals surface area contributed by atoms with Crippen LogP contribution in [0.4, 0.5) is 0 Å². The minimum absolute atomic E-state index is 0.0227. The second kappa shape index (κ2) is 6.73. The van der Waals surface area contributed by atoms with Gasteiger partial charge in [-0.3, -0.25) is 14.9 Å². The van der Waals surface area contributed by atoms with E-state index >= 15 is 0 Å². The lowest BCUT2D eigenvalue weighted by molar-refractivity contribution is -0.122. The van der Waals surface area contributed by atoms with Gasteiger partial charge in [-0.25, -0.2) is 0 Å². The molecule has 1 rings (SSSR count). The van der Waals surface area contributed by atoms with Gasteiger partial charge in [0.1, 0.15) is 0 Å². The van der Waals surface area contributed by atoms with E-state index in [-0.39, 0.29) is 30.4 Å². The van der Waals surface area contributed by atoms with Crippen LogP contribution in [0.3, 0.4) is 0 Å². The van der Waals surface area contributed by atoms with Crippen LogP contribution in [0.25, 0.3) is 0 Å². The largest absolute Gasteiger partial charge is 0.352 e. The molecule has 2 amide bonds. The molecule has 5 heteroatoms. The van der Waals surface area contributed by atoms with Gasteiger partial charge in [0.25, 0.3) is 0 Å². The Bertz CT molecular complexity index is 291. The second-order valence-electron chi connectivity index (χ2n) is 5.95. The van der Waals surface area contributed by atoms with Crippen molar-refractivity contribution in [1.29, 1.82) is 0 Å². The van der Waals surface area contributed by atoms with E-state index in [4.69, 9.17) is 0 Å². The third kappa shape index (κ3) is 6.59. The molecule has 0 atom stereocenters. The Labute approximate surface area is 109 Å². The first kappa shape index (κ1) is 15.0. The standard InChI is InChI=1S/C13H25N3O2/c1-13(2,3)16-12(18)9-14-8-11(17)15-10-6-4-5-7-10/h10,14H,4-9H2,1-3H3,(H,15,17)(H,16,18). The molecule has 0 spiro atoms. The van der Waals surface area contributed by atoms with Gasteiger partial charge in [0.2, 0.25) is 11.8 Å². The number of amides is 2. The van der Waals surface area contributed by atoms with E-state index in [1.807, 2.05) is 20.8 Å². The van der Waals surface area contributed by atoms with Gasteiger partial charge >= 0.3 is 0 Å². The van der Waals surface area contributed by atoms with Crippen molar-refractivity contribution in [3.8, 4) is 0 Å². The maximum absolute atomic E-state index is 11.6. The van der Waals surface area contributed by atoms with Crippen LogP contribution in [0.2, 0.25) is 0 Å². The molecule has 1 saturated carbocycles. The lowest BCUT2D eigenvalue weighted by atomic mass is 10.1. The Morgan fingerprint density at radius 1 is 1.06 bits per heavy atom. The molecule has 0 aliphatic heterocycles. The second-order valence-corrected chi connectivity index (χ2v) is 5.95. The average Bonchev–Trinajstić information content (AvgIpc) is 2.67. The van der Waals surface area contributed by atoms with Crippen LogP contribution in [0.5, 0.6) is 0 Å². The topological polar surface area (TPSA) is 70.2 Å². The first-order chi connectivity index (χ1) is 8.37. The molecule has 5 nitrogen and oxygen atoms in total. The third-order valence-electron chi connectivity index (χ3n) is 2.81. The molecule has 0 heterocycles. The Balaban J connectivity index is 2.09.